The summed E-state index contributed by atoms with van der Waals surface area (Å²) in [6.07, 6.45) is 4.32. The molecular weight excluding hydrogens is 543 g/mol. The quantitative estimate of drug-likeness (QED) is 0.210. The second-order valence-electron chi connectivity index (χ2n) is 8.28. The maximum absolute atomic E-state index is 12.8. The van der Waals surface area contributed by atoms with E-state index in [1.165, 1.54) is 30.2 Å². The molecule has 5 N–H and O–H groups in total. The molecule has 0 aliphatic heterocycles. The topological polar surface area (TPSA) is 139 Å². The lowest BCUT2D eigenvalue weighted by atomic mass is 10.2. The summed E-state index contributed by atoms with van der Waals surface area (Å²) < 4.78 is 5.86. The molecule has 0 bridgehead atoms. The summed E-state index contributed by atoms with van der Waals surface area (Å²) in [6, 6.07) is 11.9. The molecule has 0 fully saturated rings. The molecule has 204 valence electrons. The smallest absolute Gasteiger partial charge is 0.246 e. The first kappa shape index (κ1) is 29.3. The van der Waals surface area contributed by atoms with Crippen molar-refractivity contribution in [2.24, 2.45) is 0 Å². The minimum Gasteiger partial charge on any atom is -0.487 e. The van der Waals surface area contributed by atoms with Crippen molar-refractivity contribution in [1.82, 2.24) is 10.3 Å². The van der Waals surface area contributed by atoms with Crippen LogP contribution in [0.25, 0.3) is 6.08 Å². The molecule has 0 atom stereocenters. The Morgan fingerprint density at radius 1 is 1.13 bits per heavy atom. The molecule has 0 unspecified atom stereocenters. The number of aromatic nitrogens is 1. The van der Waals surface area contributed by atoms with Crippen molar-refractivity contribution in [3.8, 4) is 5.75 Å². The molecule has 0 saturated carbocycles. The summed E-state index contributed by atoms with van der Waals surface area (Å²) in [6.45, 7) is 1.14. The van der Waals surface area contributed by atoms with E-state index in [1.54, 1.807) is 50.5 Å². The van der Waals surface area contributed by atoms with E-state index in [-0.39, 0.29) is 24.1 Å². The highest BCUT2D eigenvalue weighted by atomic mass is 35.5. The highest BCUT2D eigenvalue weighted by Crippen LogP contribution is 2.36. The third-order valence-electron chi connectivity index (χ3n) is 5.54. The van der Waals surface area contributed by atoms with Crippen LogP contribution in [0, 0.1) is 0 Å². The number of pyridine rings is 1. The summed E-state index contributed by atoms with van der Waals surface area (Å²) in [7, 11) is 3.30. The fraction of sp³-hybridized carbons (Fsp3) is 0.185. The number of rotatable bonds is 10. The summed E-state index contributed by atoms with van der Waals surface area (Å²) in [5.41, 5.74) is 8.81. The highest BCUT2D eigenvalue weighted by Gasteiger charge is 2.19. The van der Waals surface area contributed by atoms with Gasteiger partial charge in [-0.3, -0.25) is 14.4 Å². The van der Waals surface area contributed by atoms with Crippen molar-refractivity contribution in [2.75, 3.05) is 41.9 Å². The van der Waals surface area contributed by atoms with Crippen LogP contribution in [-0.2, 0) is 21.0 Å². The van der Waals surface area contributed by atoms with Crippen molar-refractivity contribution >= 4 is 69.9 Å². The zero-order valence-electron chi connectivity index (χ0n) is 21.5. The third kappa shape index (κ3) is 7.86. The molecule has 12 heteroatoms. The lowest BCUT2D eigenvalue weighted by molar-refractivity contribution is -0.122. The van der Waals surface area contributed by atoms with E-state index in [1.807, 2.05) is 6.07 Å². The van der Waals surface area contributed by atoms with Crippen LogP contribution in [0.15, 0.2) is 54.7 Å². The molecule has 3 amide bonds. The molecule has 1 heterocycles. The number of benzene rings is 2. The van der Waals surface area contributed by atoms with E-state index < -0.39 is 11.8 Å². The minimum atomic E-state index is -0.472. The van der Waals surface area contributed by atoms with Gasteiger partial charge in [0.1, 0.15) is 18.2 Å². The number of nitrogens with one attached hydrogen (secondary N) is 3. The third-order valence-corrected chi connectivity index (χ3v) is 6.32. The lowest BCUT2D eigenvalue weighted by Gasteiger charge is -2.21. The molecule has 0 aliphatic carbocycles. The van der Waals surface area contributed by atoms with E-state index in [9.17, 15) is 14.4 Å². The zero-order valence-corrected chi connectivity index (χ0v) is 23.1. The second-order valence-corrected chi connectivity index (χ2v) is 9.06. The average molecular weight is 571 g/mol. The highest BCUT2D eigenvalue weighted by molar-refractivity contribution is 6.38. The number of halogens is 2. The van der Waals surface area contributed by atoms with Gasteiger partial charge >= 0.3 is 0 Å². The number of hydrogen-bond donors (Lipinski definition) is 4. The van der Waals surface area contributed by atoms with Gasteiger partial charge in [0.15, 0.2) is 0 Å². The number of likely N-dealkylation sites (N-methyl/N-ethyl adjacent to an activating group) is 1. The Hall–Kier alpha value is -4.28. The average Bonchev–Trinajstić information content (AvgIpc) is 2.91. The SMILES string of the molecule is CNc1cccc(OCc2c(Cl)ccc(N(C)C(=O)CNC(=O)/C=C/c3ccc(NC(C)=O)nc3)c2Cl)c1N. The number of hydrogen-bond acceptors (Lipinski definition) is 7. The fourth-order valence-electron chi connectivity index (χ4n) is 3.42. The predicted octanol–water partition coefficient (Wildman–Crippen LogP) is 4.34. The van der Waals surface area contributed by atoms with Crippen molar-refractivity contribution in [1.29, 1.82) is 0 Å². The standard InChI is InChI=1S/C27H28Cl2N6O4/c1-16(36)34-23-11-7-17(13-32-23)8-12-24(37)33-14-25(38)35(3)21-10-9-19(28)18(26(21)29)15-39-22-6-4-5-20(31-2)27(22)30/h4-13,31H,14-15,30H2,1-3H3,(H,33,37)(H,32,34,36)/b12-8+. The Bertz CT molecular complexity index is 1400. The number of nitrogens with zero attached hydrogens (tertiary/aromatic N) is 2. The molecule has 3 aromatic rings. The van der Waals surface area contributed by atoms with Gasteiger partial charge in [-0.2, -0.15) is 0 Å². The first-order chi connectivity index (χ1) is 18.6. The number of anilines is 4. The van der Waals surface area contributed by atoms with Gasteiger partial charge in [0.2, 0.25) is 17.7 Å². The van der Waals surface area contributed by atoms with Crippen molar-refractivity contribution in [2.45, 2.75) is 13.5 Å². The Balaban J connectivity index is 1.61. The van der Waals surface area contributed by atoms with Crippen molar-refractivity contribution < 1.29 is 19.1 Å². The Labute approximate surface area is 236 Å². The van der Waals surface area contributed by atoms with Gasteiger partial charge in [0.25, 0.3) is 0 Å². The molecule has 2 aromatic carbocycles. The number of carbonyl (C=O) groups is 3. The van der Waals surface area contributed by atoms with Crippen LogP contribution in [0.5, 0.6) is 5.75 Å². The van der Waals surface area contributed by atoms with Crippen LogP contribution >= 0.6 is 23.2 Å². The lowest BCUT2D eigenvalue weighted by Crippen LogP contribution is -2.37. The number of nitrogens with two attached hydrogens (primary N) is 1. The maximum Gasteiger partial charge on any atom is 0.246 e. The Morgan fingerprint density at radius 2 is 1.90 bits per heavy atom. The number of para-hydroxylation sites is 1. The number of carbonyl (C=O) groups excluding carboxylic acids is 3. The van der Waals surface area contributed by atoms with E-state index in [0.29, 0.717) is 39.1 Å². The zero-order chi connectivity index (χ0) is 28.5. The largest absolute Gasteiger partial charge is 0.487 e. The summed E-state index contributed by atoms with van der Waals surface area (Å²) in [5.74, 6) is -0.245. The molecule has 0 aliphatic rings. The van der Waals surface area contributed by atoms with Crippen LogP contribution in [-0.4, -0.2) is 43.3 Å². The Morgan fingerprint density at radius 3 is 2.56 bits per heavy atom. The van der Waals surface area contributed by atoms with Gasteiger partial charge < -0.3 is 31.3 Å². The summed E-state index contributed by atoms with van der Waals surface area (Å²) in [5, 5.41) is 8.69. The predicted molar refractivity (Wildman–Crippen MR) is 155 cm³/mol. The minimum absolute atomic E-state index is 0.0209. The first-order valence-corrected chi connectivity index (χ1v) is 12.5. The van der Waals surface area contributed by atoms with Gasteiger partial charge in [-0.15, -0.1) is 0 Å². The molecular formula is C27H28Cl2N6O4. The summed E-state index contributed by atoms with van der Waals surface area (Å²) >= 11 is 13.0. The Kier molecular flexibility index (Phi) is 10.1. The van der Waals surface area contributed by atoms with Crippen molar-refractivity contribution in [3.05, 3.63) is 75.9 Å². The monoisotopic (exact) mass is 570 g/mol. The molecule has 0 radical (unpaired) electrons. The van der Waals surface area contributed by atoms with Gasteiger partial charge in [0, 0.05) is 43.9 Å². The molecule has 0 spiro atoms. The molecule has 3 rings (SSSR count). The van der Waals surface area contributed by atoms with E-state index >= 15 is 0 Å². The fourth-order valence-corrected chi connectivity index (χ4v) is 4.03. The van der Waals surface area contributed by atoms with Crippen LogP contribution in [0.4, 0.5) is 22.9 Å². The van der Waals surface area contributed by atoms with Crippen LogP contribution in [0.3, 0.4) is 0 Å². The first-order valence-electron chi connectivity index (χ1n) is 11.7. The second kappa shape index (κ2) is 13.5. The normalized spacial score (nSPS) is 10.7. The van der Waals surface area contributed by atoms with Gasteiger partial charge in [-0.1, -0.05) is 29.3 Å². The number of amides is 3. The molecule has 0 saturated heterocycles. The van der Waals surface area contributed by atoms with Crippen molar-refractivity contribution in [3.63, 3.8) is 0 Å². The van der Waals surface area contributed by atoms with Gasteiger partial charge in [-0.05, 0) is 48.0 Å². The van der Waals surface area contributed by atoms with E-state index in [4.69, 9.17) is 33.7 Å². The molecule has 10 nitrogen and oxygen atoms in total. The van der Waals surface area contributed by atoms with Gasteiger partial charge in [-0.25, -0.2) is 4.98 Å². The van der Waals surface area contributed by atoms with E-state index in [2.05, 4.69) is 20.9 Å². The maximum atomic E-state index is 12.8. The van der Waals surface area contributed by atoms with Crippen LogP contribution < -0.4 is 31.3 Å². The number of nitrogen functional groups attached to an aromatic ring is 1. The number of ether oxygens (including phenoxy) is 1. The molecule has 39 heavy (non-hydrogen) atoms. The van der Waals surface area contributed by atoms with Gasteiger partial charge in [0.05, 0.1) is 28.6 Å². The van der Waals surface area contributed by atoms with E-state index in [0.717, 1.165) is 5.69 Å². The molecule has 1 aromatic heterocycles. The van der Waals surface area contributed by atoms with Crippen LogP contribution in [0.1, 0.15) is 18.1 Å². The summed E-state index contributed by atoms with van der Waals surface area (Å²) in [4.78, 5) is 41.5. The van der Waals surface area contributed by atoms with Crippen LogP contribution in [0.2, 0.25) is 10.0 Å².